The zero-order chi connectivity index (χ0) is 13.4. The fourth-order valence-electron chi connectivity index (χ4n) is 3.73. The molecule has 4 unspecified atom stereocenters. The number of hydrogen-bond donors (Lipinski definition) is 0. The number of allylic oxidation sites excluding steroid dienone is 2. The van der Waals surface area contributed by atoms with Gasteiger partial charge in [-0.2, -0.15) is 0 Å². The van der Waals surface area contributed by atoms with Crippen molar-refractivity contribution >= 4 is 11.6 Å². The summed E-state index contributed by atoms with van der Waals surface area (Å²) in [5, 5.41) is 0. The van der Waals surface area contributed by atoms with E-state index < -0.39 is 0 Å². The Hall–Kier alpha value is -1.70. The molecule has 0 heterocycles. The lowest BCUT2D eigenvalue weighted by molar-refractivity contribution is -0.131. The van der Waals surface area contributed by atoms with Gasteiger partial charge in [-0.3, -0.25) is 9.59 Å². The highest BCUT2D eigenvalue weighted by molar-refractivity contribution is 5.91. The van der Waals surface area contributed by atoms with Gasteiger partial charge in [-0.05, 0) is 30.7 Å². The van der Waals surface area contributed by atoms with Crippen molar-refractivity contribution in [1.82, 2.24) is 0 Å². The monoisotopic (exact) mass is 254 g/mol. The van der Waals surface area contributed by atoms with Crippen molar-refractivity contribution in [2.24, 2.45) is 23.7 Å². The predicted molar refractivity (Wildman–Crippen MR) is 73.6 cm³/mol. The first-order chi connectivity index (χ1) is 9.16. The van der Waals surface area contributed by atoms with Crippen molar-refractivity contribution in [3.63, 3.8) is 0 Å². The van der Waals surface area contributed by atoms with Crippen molar-refractivity contribution in [3.05, 3.63) is 48.0 Å². The van der Waals surface area contributed by atoms with Gasteiger partial charge < -0.3 is 0 Å². The van der Waals surface area contributed by atoms with E-state index in [1.54, 1.807) is 6.92 Å². The van der Waals surface area contributed by atoms with E-state index in [-0.39, 0.29) is 29.3 Å². The minimum absolute atomic E-state index is 0.0776. The molecule has 0 aromatic heterocycles. The van der Waals surface area contributed by atoms with Gasteiger partial charge in [-0.1, -0.05) is 42.5 Å². The van der Waals surface area contributed by atoms with E-state index in [2.05, 4.69) is 12.2 Å². The maximum absolute atomic E-state index is 12.5. The third-order valence-corrected chi connectivity index (χ3v) is 4.52. The lowest BCUT2D eigenvalue weighted by Gasteiger charge is -2.24. The highest BCUT2D eigenvalue weighted by Crippen LogP contribution is 2.48. The molecule has 4 atom stereocenters. The average Bonchev–Trinajstić information content (AvgIpc) is 2.99. The largest absolute Gasteiger partial charge is 0.300 e. The number of hydrogen-bond acceptors (Lipinski definition) is 2. The molecule has 0 saturated heterocycles. The fraction of sp³-hybridized carbons (Fsp3) is 0.412. The molecule has 1 aromatic carbocycles. The number of rotatable bonds is 4. The van der Waals surface area contributed by atoms with E-state index in [0.29, 0.717) is 12.3 Å². The van der Waals surface area contributed by atoms with Crippen LogP contribution < -0.4 is 0 Å². The lowest BCUT2D eigenvalue weighted by atomic mass is 9.77. The Kier molecular flexibility index (Phi) is 3.09. The molecular formula is C17H18O2. The molecule has 1 fully saturated rings. The van der Waals surface area contributed by atoms with Crippen molar-refractivity contribution < 1.29 is 9.59 Å². The number of Topliss-reactive ketones (excluding diaryl/α,β-unsaturated/α-hetero) is 2. The van der Waals surface area contributed by atoms with E-state index in [0.717, 1.165) is 12.0 Å². The molecule has 2 aliphatic carbocycles. The van der Waals surface area contributed by atoms with Crippen LogP contribution in [0.4, 0.5) is 0 Å². The average molecular weight is 254 g/mol. The van der Waals surface area contributed by atoms with E-state index >= 15 is 0 Å². The van der Waals surface area contributed by atoms with Gasteiger partial charge in [-0.15, -0.1) is 0 Å². The maximum atomic E-state index is 12.5. The van der Waals surface area contributed by atoms with Crippen LogP contribution in [0.5, 0.6) is 0 Å². The Morgan fingerprint density at radius 3 is 2.32 bits per heavy atom. The van der Waals surface area contributed by atoms with Gasteiger partial charge in [0.15, 0.2) is 0 Å². The van der Waals surface area contributed by atoms with Crippen LogP contribution in [-0.4, -0.2) is 11.6 Å². The fourth-order valence-corrected chi connectivity index (χ4v) is 3.73. The van der Waals surface area contributed by atoms with Gasteiger partial charge in [0.1, 0.15) is 11.6 Å². The highest BCUT2D eigenvalue weighted by atomic mass is 16.1. The number of benzene rings is 1. The van der Waals surface area contributed by atoms with E-state index in [1.165, 1.54) is 0 Å². The molecule has 2 aliphatic rings. The zero-order valence-corrected chi connectivity index (χ0v) is 11.1. The van der Waals surface area contributed by atoms with Gasteiger partial charge in [0, 0.05) is 18.3 Å². The summed E-state index contributed by atoms with van der Waals surface area (Å²) in [5.74, 6) is 0.813. The summed E-state index contributed by atoms with van der Waals surface area (Å²) < 4.78 is 0. The molecule has 0 amide bonds. The third kappa shape index (κ3) is 2.16. The molecule has 0 N–H and O–H groups in total. The molecule has 98 valence electrons. The van der Waals surface area contributed by atoms with Crippen molar-refractivity contribution in [2.75, 3.05) is 0 Å². The van der Waals surface area contributed by atoms with Crippen LogP contribution in [-0.2, 0) is 16.0 Å². The first-order valence-electron chi connectivity index (χ1n) is 6.92. The standard InChI is InChI=1S/C17H18O2/c1-11(18)16-13-7-8-14(10-13)17(16)15(19)9-12-5-3-2-4-6-12/h2-8,13-14,16-17H,9-10H2,1H3. The minimum Gasteiger partial charge on any atom is -0.300 e. The van der Waals surface area contributed by atoms with Crippen LogP contribution in [0, 0.1) is 23.7 Å². The smallest absolute Gasteiger partial charge is 0.141 e. The van der Waals surface area contributed by atoms with Crippen LogP contribution in [0.15, 0.2) is 42.5 Å². The number of fused-ring (bicyclic) bond motifs is 2. The van der Waals surface area contributed by atoms with Crippen LogP contribution in [0.25, 0.3) is 0 Å². The van der Waals surface area contributed by atoms with Crippen LogP contribution in [0.3, 0.4) is 0 Å². The van der Waals surface area contributed by atoms with E-state index in [4.69, 9.17) is 0 Å². The van der Waals surface area contributed by atoms with Crippen LogP contribution in [0.1, 0.15) is 18.9 Å². The Labute approximate surface area is 113 Å². The first-order valence-corrected chi connectivity index (χ1v) is 6.92. The molecule has 19 heavy (non-hydrogen) atoms. The first kappa shape index (κ1) is 12.3. The molecular weight excluding hydrogens is 236 g/mol. The van der Waals surface area contributed by atoms with Crippen LogP contribution in [0.2, 0.25) is 0 Å². The SMILES string of the molecule is CC(=O)C1C2C=CC(C2)C1C(=O)Cc1ccccc1. The van der Waals surface area contributed by atoms with E-state index in [9.17, 15) is 9.59 Å². The van der Waals surface area contributed by atoms with Gasteiger partial charge in [0.2, 0.25) is 0 Å². The minimum atomic E-state index is -0.0901. The summed E-state index contributed by atoms with van der Waals surface area (Å²) in [7, 11) is 0. The van der Waals surface area contributed by atoms with Crippen LogP contribution >= 0.6 is 0 Å². The second-order valence-electron chi connectivity index (χ2n) is 5.74. The highest BCUT2D eigenvalue weighted by Gasteiger charge is 2.49. The summed E-state index contributed by atoms with van der Waals surface area (Å²) in [5.41, 5.74) is 1.04. The number of carbonyl (C=O) groups is 2. The zero-order valence-electron chi connectivity index (χ0n) is 11.1. The summed E-state index contributed by atoms with van der Waals surface area (Å²) in [6, 6.07) is 9.80. The second kappa shape index (κ2) is 4.76. The molecule has 3 rings (SSSR count). The molecule has 2 nitrogen and oxygen atoms in total. The molecule has 2 heteroatoms. The summed E-state index contributed by atoms with van der Waals surface area (Å²) in [6.45, 7) is 1.63. The topological polar surface area (TPSA) is 34.1 Å². The Bertz CT molecular complexity index is 529. The van der Waals surface area contributed by atoms with Gasteiger partial charge >= 0.3 is 0 Å². The Morgan fingerprint density at radius 2 is 1.68 bits per heavy atom. The summed E-state index contributed by atoms with van der Waals surface area (Å²) in [4.78, 5) is 24.4. The molecule has 1 aromatic rings. The second-order valence-corrected chi connectivity index (χ2v) is 5.74. The van der Waals surface area contributed by atoms with Crippen molar-refractivity contribution in [2.45, 2.75) is 19.8 Å². The Morgan fingerprint density at radius 1 is 1.05 bits per heavy atom. The van der Waals surface area contributed by atoms with Gasteiger partial charge in [0.25, 0.3) is 0 Å². The van der Waals surface area contributed by atoms with Gasteiger partial charge in [0.05, 0.1) is 0 Å². The summed E-state index contributed by atoms with van der Waals surface area (Å²) >= 11 is 0. The maximum Gasteiger partial charge on any atom is 0.141 e. The van der Waals surface area contributed by atoms with Crippen molar-refractivity contribution in [3.8, 4) is 0 Å². The normalized spacial score (nSPS) is 31.6. The number of carbonyl (C=O) groups excluding carboxylic acids is 2. The lowest BCUT2D eigenvalue weighted by Crippen LogP contribution is -2.32. The van der Waals surface area contributed by atoms with E-state index in [1.807, 2.05) is 30.3 Å². The van der Waals surface area contributed by atoms with Gasteiger partial charge in [-0.25, -0.2) is 0 Å². The number of ketones is 2. The Balaban J connectivity index is 1.79. The molecule has 1 saturated carbocycles. The molecule has 0 radical (unpaired) electrons. The molecule has 0 aliphatic heterocycles. The predicted octanol–water partition coefficient (Wildman–Crippen LogP) is 2.83. The quantitative estimate of drug-likeness (QED) is 0.774. The van der Waals surface area contributed by atoms with Crippen molar-refractivity contribution in [1.29, 1.82) is 0 Å². The summed E-state index contributed by atoms with van der Waals surface area (Å²) in [6.07, 6.45) is 5.70. The molecule has 2 bridgehead atoms. The third-order valence-electron chi connectivity index (χ3n) is 4.52. The molecule has 0 spiro atoms.